The van der Waals surface area contributed by atoms with E-state index in [4.69, 9.17) is 4.74 Å². The van der Waals surface area contributed by atoms with E-state index in [9.17, 15) is 0 Å². The minimum absolute atomic E-state index is 0.336. The van der Waals surface area contributed by atoms with Crippen molar-refractivity contribution in [3.05, 3.63) is 83.9 Å². The molecule has 110 valence electrons. The summed E-state index contributed by atoms with van der Waals surface area (Å²) in [6.07, 6.45) is 0. The van der Waals surface area contributed by atoms with Crippen LogP contribution >= 0.6 is 0 Å². The van der Waals surface area contributed by atoms with Crippen LogP contribution < -0.4 is 4.74 Å². The molecule has 0 saturated carbocycles. The fourth-order valence-corrected chi connectivity index (χ4v) is 3.70. The Bertz CT molecular complexity index is 977. The van der Waals surface area contributed by atoms with Gasteiger partial charge in [-0.2, -0.15) is 0 Å². The van der Waals surface area contributed by atoms with Crippen molar-refractivity contribution in [1.82, 2.24) is 0 Å². The number of benzene rings is 4. The molecule has 1 heterocycles. The van der Waals surface area contributed by atoms with E-state index in [-0.39, 0.29) is 0 Å². The SMILES string of the molecule is CC1c2ccc3ccccc3c2Oc2c1ccc1ccccc21. The summed E-state index contributed by atoms with van der Waals surface area (Å²) in [6, 6.07) is 25.7. The van der Waals surface area contributed by atoms with Gasteiger partial charge in [0.1, 0.15) is 11.5 Å². The van der Waals surface area contributed by atoms with Gasteiger partial charge in [0, 0.05) is 27.8 Å². The van der Waals surface area contributed by atoms with E-state index < -0.39 is 0 Å². The van der Waals surface area contributed by atoms with Gasteiger partial charge in [-0.25, -0.2) is 0 Å². The van der Waals surface area contributed by atoms with Gasteiger partial charge < -0.3 is 4.74 Å². The molecule has 0 amide bonds. The Morgan fingerprint density at radius 2 is 1.09 bits per heavy atom. The fourth-order valence-electron chi connectivity index (χ4n) is 3.70. The highest BCUT2D eigenvalue weighted by atomic mass is 16.5. The van der Waals surface area contributed by atoms with Crippen molar-refractivity contribution in [3.8, 4) is 11.5 Å². The zero-order valence-corrected chi connectivity index (χ0v) is 12.9. The largest absolute Gasteiger partial charge is 0.455 e. The molecule has 1 aliphatic heterocycles. The first kappa shape index (κ1) is 12.7. The van der Waals surface area contributed by atoms with E-state index in [0.29, 0.717) is 5.92 Å². The minimum atomic E-state index is 0.336. The normalized spacial score (nSPS) is 13.6. The van der Waals surface area contributed by atoms with E-state index in [0.717, 1.165) is 11.5 Å². The Labute approximate surface area is 135 Å². The number of fused-ring (bicyclic) bond motifs is 6. The molecule has 0 unspecified atom stereocenters. The quantitative estimate of drug-likeness (QED) is 0.372. The molecule has 0 aromatic heterocycles. The molecule has 4 aromatic carbocycles. The van der Waals surface area contributed by atoms with Gasteiger partial charge in [-0.1, -0.05) is 79.7 Å². The maximum atomic E-state index is 6.47. The third-order valence-corrected chi connectivity index (χ3v) is 4.96. The second-order valence-electron chi connectivity index (χ2n) is 6.23. The van der Waals surface area contributed by atoms with Crippen LogP contribution in [0, 0.1) is 0 Å². The smallest absolute Gasteiger partial charge is 0.139 e. The molecule has 0 atom stereocenters. The first-order chi connectivity index (χ1) is 11.3. The standard InChI is InChI=1S/C22H16O/c1-14-17-12-10-15-6-2-4-8-19(15)21(17)23-22-18(14)13-11-16-7-3-5-9-20(16)22/h2-14H,1H3. The highest BCUT2D eigenvalue weighted by molar-refractivity contribution is 5.94. The number of ether oxygens (including phenoxy) is 1. The average molecular weight is 296 g/mol. The van der Waals surface area contributed by atoms with E-state index in [2.05, 4.69) is 79.7 Å². The maximum Gasteiger partial charge on any atom is 0.139 e. The van der Waals surface area contributed by atoms with Crippen molar-refractivity contribution in [2.45, 2.75) is 12.8 Å². The van der Waals surface area contributed by atoms with Crippen LogP contribution in [0.3, 0.4) is 0 Å². The van der Waals surface area contributed by atoms with Gasteiger partial charge >= 0.3 is 0 Å². The van der Waals surface area contributed by atoms with Crippen molar-refractivity contribution < 1.29 is 4.74 Å². The molecular weight excluding hydrogens is 280 g/mol. The molecule has 4 aromatic rings. The second-order valence-corrected chi connectivity index (χ2v) is 6.23. The maximum absolute atomic E-state index is 6.47. The van der Waals surface area contributed by atoms with E-state index >= 15 is 0 Å². The predicted molar refractivity (Wildman–Crippen MR) is 95.5 cm³/mol. The number of hydrogen-bond donors (Lipinski definition) is 0. The van der Waals surface area contributed by atoms with Crippen LogP contribution in [0.2, 0.25) is 0 Å². The van der Waals surface area contributed by atoms with Crippen molar-refractivity contribution >= 4 is 21.5 Å². The van der Waals surface area contributed by atoms with Gasteiger partial charge in [0.2, 0.25) is 0 Å². The van der Waals surface area contributed by atoms with Crippen LogP contribution in [0.5, 0.6) is 11.5 Å². The molecule has 0 spiro atoms. The Balaban J connectivity index is 1.85. The van der Waals surface area contributed by atoms with Crippen LogP contribution in [0.15, 0.2) is 72.8 Å². The molecule has 0 N–H and O–H groups in total. The van der Waals surface area contributed by atoms with E-state index in [1.165, 1.54) is 32.7 Å². The van der Waals surface area contributed by atoms with Gasteiger partial charge in [0.25, 0.3) is 0 Å². The van der Waals surface area contributed by atoms with Crippen molar-refractivity contribution in [1.29, 1.82) is 0 Å². The monoisotopic (exact) mass is 296 g/mol. The van der Waals surface area contributed by atoms with E-state index in [1.807, 2.05) is 0 Å². The summed E-state index contributed by atoms with van der Waals surface area (Å²) in [5.74, 6) is 2.36. The molecule has 0 fully saturated rings. The Kier molecular flexibility index (Phi) is 2.54. The second kappa shape index (κ2) is 4.60. The molecule has 1 heteroatoms. The molecular formula is C22H16O. The first-order valence-electron chi connectivity index (χ1n) is 8.04. The Morgan fingerprint density at radius 1 is 0.609 bits per heavy atom. The lowest BCUT2D eigenvalue weighted by atomic mass is 9.86. The fraction of sp³-hybridized carbons (Fsp3) is 0.0909. The number of rotatable bonds is 0. The highest BCUT2D eigenvalue weighted by Gasteiger charge is 2.26. The Hall–Kier alpha value is -2.80. The highest BCUT2D eigenvalue weighted by Crippen LogP contribution is 2.49. The summed E-state index contributed by atoms with van der Waals surface area (Å²) in [6.45, 7) is 2.27. The zero-order valence-electron chi connectivity index (χ0n) is 12.9. The molecule has 0 aliphatic carbocycles. The summed E-state index contributed by atoms with van der Waals surface area (Å²) in [5.41, 5.74) is 2.54. The van der Waals surface area contributed by atoms with Gasteiger partial charge in [0.15, 0.2) is 0 Å². The molecule has 0 radical (unpaired) electrons. The molecule has 0 bridgehead atoms. The third-order valence-electron chi connectivity index (χ3n) is 4.96. The molecule has 1 aliphatic rings. The first-order valence-corrected chi connectivity index (χ1v) is 8.04. The van der Waals surface area contributed by atoms with Crippen molar-refractivity contribution in [2.75, 3.05) is 0 Å². The van der Waals surface area contributed by atoms with Crippen LogP contribution in [-0.4, -0.2) is 0 Å². The van der Waals surface area contributed by atoms with Crippen LogP contribution in [-0.2, 0) is 0 Å². The predicted octanol–water partition coefficient (Wildman–Crippen LogP) is 6.25. The average Bonchev–Trinajstić information content (AvgIpc) is 2.61. The summed E-state index contributed by atoms with van der Waals surface area (Å²) in [7, 11) is 0. The van der Waals surface area contributed by atoms with Gasteiger partial charge in [-0.3, -0.25) is 0 Å². The van der Waals surface area contributed by atoms with Gasteiger partial charge in [-0.15, -0.1) is 0 Å². The summed E-state index contributed by atoms with van der Waals surface area (Å²) < 4.78 is 6.47. The topological polar surface area (TPSA) is 9.23 Å². The molecule has 5 rings (SSSR count). The lowest BCUT2D eigenvalue weighted by Crippen LogP contribution is -2.08. The Morgan fingerprint density at radius 3 is 1.61 bits per heavy atom. The summed E-state index contributed by atoms with van der Waals surface area (Å²) in [4.78, 5) is 0. The molecule has 23 heavy (non-hydrogen) atoms. The van der Waals surface area contributed by atoms with E-state index in [1.54, 1.807) is 0 Å². The van der Waals surface area contributed by atoms with Crippen LogP contribution in [0.1, 0.15) is 24.0 Å². The third kappa shape index (κ3) is 1.74. The lowest BCUT2D eigenvalue weighted by Gasteiger charge is -2.28. The summed E-state index contributed by atoms with van der Waals surface area (Å²) >= 11 is 0. The lowest BCUT2D eigenvalue weighted by molar-refractivity contribution is 0.461. The van der Waals surface area contributed by atoms with Crippen LogP contribution in [0.25, 0.3) is 21.5 Å². The van der Waals surface area contributed by atoms with Gasteiger partial charge in [0.05, 0.1) is 0 Å². The minimum Gasteiger partial charge on any atom is -0.455 e. The van der Waals surface area contributed by atoms with Crippen molar-refractivity contribution in [3.63, 3.8) is 0 Å². The van der Waals surface area contributed by atoms with Gasteiger partial charge in [-0.05, 0) is 10.8 Å². The number of hydrogen-bond acceptors (Lipinski definition) is 1. The molecule has 1 nitrogen and oxygen atoms in total. The van der Waals surface area contributed by atoms with Crippen molar-refractivity contribution in [2.24, 2.45) is 0 Å². The van der Waals surface area contributed by atoms with Crippen LogP contribution in [0.4, 0.5) is 0 Å². The zero-order chi connectivity index (χ0) is 15.4. The molecule has 0 saturated heterocycles. The summed E-state index contributed by atoms with van der Waals surface area (Å²) in [5, 5.41) is 4.83.